The van der Waals surface area contributed by atoms with Gasteiger partial charge in [0.25, 0.3) is 8.32 Å². The fraction of sp³-hybridized carbons (Fsp3) is 0.286. The van der Waals surface area contributed by atoms with Crippen LogP contribution in [0.4, 0.5) is 0 Å². The molecule has 7 heteroatoms. The zero-order chi connectivity index (χ0) is 34.7. The van der Waals surface area contributed by atoms with Gasteiger partial charge in [0, 0.05) is 0 Å². The molecule has 0 unspecified atom stereocenters. The van der Waals surface area contributed by atoms with Gasteiger partial charge in [-0.15, -0.1) is 0 Å². The molecule has 0 heterocycles. The highest BCUT2D eigenvalue weighted by Gasteiger charge is 2.50. The van der Waals surface area contributed by atoms with Gasteiger partial charge in [-0.3, -0.25) is 0 Å². The Hall–Kier alpha value is -4.24. The number of rotatable bonds is 16. The maximum atomic E-state index is 9.87. The minimum Gasteiger partial charge on any atom is -0.497 e. The van der Waals surface area contributed by atoms with Crippen LogP contribution in [0.1, 0.15) is 37.5 Å². The van der Waals surface area contributed by atoms with Crippen molar-refractivity contribution in [3.05, 3.63) is 156 Å². The largest absolute Gasteiger partial charge is 0.497 e. The molecule has 0 fully saturated rings. The van der Waals surface area contributed by atoms with Crippen LogP contribution in [-0.4, -0.2) is 60.2 Å². The van der Waals surface area contributed by atoms with Crippen molar-refractivity contribution in [1.82, 2.24) is 0 Å². The molecule has 1 N–H and O–H groups in total. The van der Waals surface area contributed by atoms with Crippen molar-refractivity contribution < 1.29 is 28.5 Å². The Morgan fingerprint density at radius 2 is 1.00 bits per heavy atom. The maximum Gasteiger partial charge on any atom is 0.261 e. The number of hydrogen-bond acceptors (Lipinski definition) is 6. The summed E-state index contributed by atoms with van der Waals surface area (Å²) in [6.45, 7) is 7.26. The summed E-state index contributed by atoms with van der Waals surface area (Å²) in [7, 11) is 0.457. The molecule has 0 aliphatic heterocycles. The molecule has 0 aliphatic rings. The summed E-state index contributed by atoms with van der Waals surface area (Å²) in [4.78, 5) is 0. The number of aliphatic hydroxyl groups excluding tert-OH is 1. The van der Waals surface area contributed by atoms with Crippen LogP contribution in [0.2, 0.25) is 5.04 Å². The van der Waals surface area contributed by atoms with Gasteiger partial charge >= 0.3 is 0 Å². The van der Waals surface area contributed by atoms with Crippen molar-refractivity contribution in [1.29, 1.82) is 0 Å². The van der Waals surface area contributed by atoms with Crippen molar-refractivity contribution in [3.8, 4) is 11.5 Å². The number of methoxy groups -OCH3 is 2. The van der Waals surface area contributed by atoms with Crippen LogP contribution < -0.4 is 19.8 Å². The predicted octanol–water partition coefficient (Wildman–Crippen LogP) is 6.97. The molecule has 0 spiro atoms. The minimum absolute atomic E-state index is 0.115. The summed E-state index contributed by atoms with van der Waals surface area (Å²) in [5, 5.41) is 12.0. The molecule has 1 atom stereocenters. The lowest BCUT2D eigenvalue weighted by atomic mass is 9.80. The van der Waals surface area contributed by atoms with Crippen LogP contribution in [0.25, 0.3) is 0 Å². The third kappa shape index (κ3) is 7.82. The predicted molar refractivity (Wildman–Crippen MR) is 199 cm³/mol. The number of hydrogen-bond donors (Lipinski definition) is 1. The van der Waals surface area contributed by atoms with E-state index >= 15 is 0 Å². The molecule has 5 aromatic rings. The monoisotopic (exact) mass is 676 g/mol. The Balaban J connectivity index is 1.58. The van der Waals surface area contributed by atoms with Gasteiger partial charge in [0.05, 0.1) is 40.6 Å². The van der Waals surface area contributed by atoms with Crippen LogP contribution in [0.3, 0.4) is 0 Å². The van der Waals surface area contributed by atoms with Crippen molar-refractivity contribution in [2.75, 3.05) is 40.6 Å². The Morgan fingerprint density at radius 1 is 0.571 bits per heavy atom. The molecule has 256 valence electrons. The van der Waals surface area contributed by atoms with Gasteiger partial charge in [-0.25, -0.2) is 0 Å². The van der Waals surface area contributed by atoms with Crippen molar-refractivity contribution in [3.63, 3.8) is 0 Å². The second-order valence-corrected chi connectivity index (χ2v) is 17.3. The van der Waals surface area contributed by atoms with Crippen LogP contribution in [0, 0.1) is 0 Å². The van der Waals surface area contributed by atoms with Crippen LogP contribution in [-0.2, 0) is 19.5 Å². The second-order valence-electron chi connectivity index (χ2n) is 13.0. The van der Waals surface area contributed by atoms with Gasteiger partial charge in [-0.1, -0.05) is 136 Å². The molecule has 0 bridgehead atoms. The third-order valence-electron chi connectivity index (χ3n) is 9.01. The molecule has 49 heavy (non-hydrogen) atoms. The van der Waals surface area contributed by atoms with Gasteiger partial charge in [-0.2, -0.15) is 0 Å². The molecule has 0 saturated heterocycles. The van der Waals surface area contributed by atoms with Crippen LogP contribution in [0.15, 0.2) is 140 Å². The normalized spacial score (nSPS) is 12.8. The molecular weight excluding hydrogens is 629 g/mol. The first-order valence-electron chi connectivity index (χ1n) is 16.7. The first-order valence-corrected chi connectivity index (χ1v) is 18.7. The van der Waals surface area contributed by atoms with E-state index in [1.807, 2.05) is 78.9 Å². The Kier molecular flexibility index (Phi) is 12.1. The van der Waals surface area contributed by atoms with E-state index in [2.05, 4.69) is 81.4 Å². The zero-order valence-corrected chi connectivity index (χ0v) is 30.2. The van der Waals surface area contributed by atoms with Crippen molar-refractivity contribution in [2.45, 2.75) is 37.5 Å². The number of ether oxygens (including phenoxy) is 4. The van der Waals surface area contributed by atoms with Gasteiger partial charge < -0.3 is 28.5 Å². The van der Waals surface area contributed by atoms with Crippen molar-refractivity contribution in [2.24, 2.45) is 0 Å². The summed E-state index contributed by atoms with van der Waals surface area (Å²) in [5.74, 6) is 1.51. The zero-order valence-electron chi connectivity index (χ0n) is 29.2. The van der Waals surface area contributed by atoms with Gasteiger partial charge in [0.2, 0.25) is 0 Å². The first kappa shape index (κ1) is 36.0. The number of aliphatic hydroxyl groups is 1. The van der Waals surface area contributed by atoms with Crippen LogP contribution >= 0.6 is 0 Å². The molecule has 0 aromatic heterocycles. The Morgan fingerprint density at radius 3 is 1.41 bits per heavy atom. The first-order chi connectivity index (χ1) is 23.8. The lowest BCUT2D eigenvalue weighted by Crippen LogP contribution is -2.67. The molecule has 5 aromatic carbocycles. The highest BCUT2D eigenvalue weighted by Crippen LogP contribution is 2.42. The second kappa shape index (κ2) is 16.4. The van der Waals surface area contributed by atoms with Crippen LogP contribution in [0.5, 0.6) is 11.5 Å². The van der Waals surface area contributed by atoms with E-state index in [-0.39, 0.29) is 31.5 Å². The van der Waals surface area contributed by atoms with E-state index in [0.717, 1.165) is 28.2 Å². The lowest BCUT2D eigenvalue weighted by molar-refractivity contribution is -0.0835. The highest BCUT2D eigenvalue weighted by molar-refractivity contribution is 6.99. The SMILES string of the molecule is COc1ccc(C(OC[C@@H](CO[Si](c2ccccc2)(c2ccccc2)C(C)(C)C)OCCO)(c2ccccc2)c2ccc(OC)cc2)cc1. The molecule has 6 nitrogen and oxygen atoms in total. The number of benzene rings is 5. The lowest BCUT2D eigenvalue weighted by Gasteiger charge is -2.44. The minimum atomic E-state index is -2.86. The standard InChI is InChI=1S/C42H48O6Si/c1-41(2,3)49(39-17-11-7-12-18-39,40-19-13-8-14-20-40)48-32-38(46-30-29-43)31-47-42(33-15-9-6-10-16-33,34-21-25-36(44-4)26-22-34)35-23-27-37(45-5)28-24-35/h6-28,38,43H,29-32H2,1-5H3/t38-/m0/s1. The summed E-state index contributed by atoms with van der Waals surface area (Å²) in [5.41, 5.74) is 1.80. The van der Waals surface area contributed by atoms with Gasteiger partial charge in [0.1, 0.15) is 23.2 Å². The molecular formula is C42H48O6Si. The van der Waals surface area contributed by atoms with Gasteiger partial charge in [-0.05, 0) is 56.4 Å². The quantitative estimate of drug-likeness (QED) is 0.0901. The molecule has 0 aliphatic carbocycles. The van der Waals surface area contributed by atoms with Crippen molar-refractivity contribution >= 4 is 18.7 Å². The summed E-state index contributed by atoms with van der Waals surface area (Å²) in [6.07, 6.45) is -0.492. The molecule has 0 saturated carbocycles. The third-order valence-corrected chi connectivity index (χ3v) is 14.0. The summed E-state index contributed by atoms with van der Waals surface area (Å²) >= 11 is 0. The van der Waals surface area contributed by atoms with E-state index in [9.17, 15) is 5.11 Å². The average molecular weight is 677 g/mol. The summed E-state index contributed by atoms with van der Waals surface area (Å²) in [6, 6.07) is 47.3. The molecule has 0 radical (unpaired) electrons. The Labute approximate surface area is 292 Å². The average Bonchev–Trinajstić information content (AvgIpc) is 3.15. The van der Waals surface area contributed by atoms with E-state index < -0.39 is 20.0 Å². The fourth-order valence-corrected chi connectivity index (χ4v) is 11.2. The Bertz CT molecular complexity index is 1600. The van der Waals surface area contributed by atoms with E-state index in [0.29, 0.717) is 0 Å². The maximum absolute atomic E-state index is 9.87. The highest BCUT2D eigenvalue weighted by atomic mass is 28.4. The summed E-state index contributed by atoms with van der Waals surface area (Å²) < 4.78 is 31.9. The smallest absolute Gasteiger partial charge is 0.261 e. The fourth-order valence-electron chi connectivity index (χ4n) is 6.64. The molecule has 5 rings (SSSR count). The van der Waals surface area contributed by atoms with E-state index in [1.54, 1.807) is 14.2 Å². The molecule has 0 amide bonds. The van der Waals surface area contributed by atoms with E-state index in [1.165, 1.54) is 10.4 Å². The van der Waals surface area contributed by atoms with Gasteiger partial charge in [0.15, 0.2) is 0 Å². The van der Waals surface area contributed by atoms with E-state index in [4.69, 9.17) is 23.4 Å². The topological polar surface area (TPSA) is 66.4 Å².